The lowest BCUT2D eigenvalue weighted by Gasteiger charge is -2.05. The molecule has 1 aromatic heterocycles. The first-order valence-electron chi connectivity index (χ1n) is 6.71. The topological polar surface area (TPSA) is 43.4 Å². The van der Waals surface area contributed by atoms with Crippen LogP contribution in [0.25, 0.3) is 0 Å². The van der Waals surface area contributed by atoms with Gasteiger partial charge in [0.1, 0.15) is 0 Å². The molecule has 0 saturated heterocycles. The first-order chi connectivity index (χ1) is 10.1. The van der Waals surface area contributed by atoms with Gasteiger partial charge in [0.2, 0.25) is 5.78 Å². The number of ether oxygens (including phenoxy) is 1. The minimum atomic E-state index is -0.458. The van der Waals surface area contributed by atoms with Crippen LogP contribution in [0.3, 0.4) is 0 Å². The highest BCUT2D eigenvalue weighted by Crippen LogP contribution is 2.24. The van der Waals surface area contributed by atoms with Gasteiger partial charge in [-0.05, 0) is 54.7 Å². The monoisotopic (exact) mass is 320 g/mol. The molecule has 5 heteroatoms. The van der Waals surface area contributed by atoms with Crippen LogP contribution < -0.4 is 0 Å². The first-order valence-corrected chi connectivity index (χ1v) is 7.90. The van der Waals surface area contributed by atoms with Gasteiger partial charge in [-0.2, -0.15) is 0 Å². The van der Waals surface area contributed by atoms with E-state index in [9.17, 15) is 9.59 Å². The number of ketones is 1. The van der Waals surface area contributed by atoms with E-state index in [4.69, 9.17) is 16.3 Å². The van der Waals surface area contributed by atoms with Gasteiger partial charge < -0.3 is 4.74 Å². The second-order valence-electron chi connectivity index (χ2n) is 4.94. The minimum Gasteiger partial charge on any atom is -0.454 e. The number of hydrogen-bond acceptors (Lipinski definition) is 4. The Kier molecular flexibility index (Phi) is 4.08. The van der Waals surface area contributed by atoms with Crippen LogP contribution >= 0.6 is 22.9 Å². The number of halogens is 1. The van der Waals surface area contributed by atoms with E-state index in [0.717, 1.165) is 19.3 Å². The normalized spacial score (nSPS) is 13.0. The number of benzene rings is 1. The fraction of sp³-hybridized carbons (Fsp3) is 0.250. The van der Waals surface area contributed by atoms with Crippen LogP contribution in [0.5, 0.6) is 0 Å². The molecule has 3 rings (SSSR count). The van der Waals surface area contributed by atoms with Crippen molar-refractivity contribution in [1.29, 1.82) is 0 Å². The van der Waals surface area contributed by atoms with Crippen LogP contribution in [0.4, 0.5) is 0 Å². The molecule has 0 fully saturated rings. The van der Waals surface area contributed by atoms with E-state index in [2.05, 4.69) is 0 Å². The predicted molar refractivity (Wildman–Crippen MR) is 82.4 cm³/mol. The first kappa shape index (κ1) is 14.3. The van der Waals surface area contributed by atoms with Gasteiger partial charge in [-0.15, -0.1) is 11.3 Å². The molecule has 0 aliphatic heterocycles. The second-order valence-corrected chi connectivity index (χ2v) is 6.66. The van der Waals surface area contributed by atoms with E-state index in [-0.39, 0.29) is 12.4 Å². The van der Waals surface area contributed by atoms with Gasteiger partial charge in [0.25, 0.3) is 0 Å². The van der Waals surface area contributed by atoms with Crippen LogP contribution in [0, 0.1) is 0 Å². The average Bonchev–Trinajstić information content (AvgIpc) is 3.12. The van der Waals surface area contributed by atoms with E-state index in [0.29, 0.717) is 14.8 Å². The summed E-state index contributed by atoms with van der Waals surface area (Å²) >= 11 is 6.96. The van der Waals surface area contributed by atoms with Crippen LogP contribution in [0.15, 0.2) is 30.3 Å². The summed E-state index contributed by atoms with van der Waals surface area (Å²) in [7, 11) is 0. The Hall–Kier alpha value is -1.65. The highest BCUT2D eigenvalue weighted by atomic mass is 35.5. The van der Waals surface area contributed by atoms with E-state index in [1.165, 1.54) is 22.5 Å². The molecule has 0 amide bonds. The molecular formula is C16H13ClO3S. The fourth-order valence-electron chi connectivity index (χ4n) is 2.45. The maximum Gasteiger partial charge on any atom is 0.338 e. The number of carbonyl (C=O) groups excluding carboxylic acids is 2. The van der Waals surface area contributed by atoms with Crippen LogP contribution in [0.1, 0.15) is 37.6 Å². The molecular weight excluding hydrogens is 308 g/mol. The molecule has 1 aliphatic carbocycles. The number of fused-ring (bicyclic) bond motifs is 1. The summed E-state index contributed by atoms with van der Waals surface area (Å²) in [6.45, 7) is -0.257. The SMILES string of the molecule is O=C(OCC(=O)c1ccc(Cl)s1)c1ccc2c(c1)CCC2. The number of aryl methyl sites for hydroxylation is 2. The van der Waals surface area contributed by atoms with Gasteiger partial charge in [0.05, 0.1) is 14.8 Å². The largest absolute Gasteiger partial charge is 0.454 e. The molecule has 2 aromatic rings. The molecule has 0 spiro atoms. The standard InChI is InChI=1S/C16H13ClO3S/c17-15-7-6-14(21-15)13(18)9-20-16(19)12-5-4-10-2-1-3-11(10)8-12/h4-8H,1-3,9H2. The van der Waals surface area contributed by atoms with Gasteiger partial charge >= 0.3 is 5.97 Å². The van der Waals surface area contributed by atoms with Gasteiger partial charge in [0, 0.05) is 0 Å². The molecule has 0 saturated carbocycles. The van der Waals surface area contributed by atoms with Crippen molar-refractivity contribution in [2.24, 2.45) is 0 Å². The molecule has 1 aliphatic rings. The smallest absolute Gasteiger partial charge is 0.338 e. The van der Waals surface area contributed by atoms with Crippen molar-refractivity contribution in [2.75, 3.05) is 6.61 Å². The van der Waals surface area contributed by atoms with Crippen molar-refractivity contribution in [3.8, 4) is 0 Å². The lowest BCUT2D eigenvalue weighted by atomic mass is 10.1. The third-order valence-corrected chi connectivity index (χ3v) is 4.79. The lowest BCUT2D eigenvalue weighted by Crippen LogP contribution is -2.13. The Balaban J connectivity index is 1.63. The van der Waals surface area contributed by atoms with Gasteiger partial charge in [0.15, 0.2) is 6.61 Å². The maximum atomic E-state index is 12.0. The molecule has 0 bridgehead atoms. The van der Waals surface area contributed by atoms with Crippen molar-refractivity contribution in [3.63, 3.8) is 0 Å². The molecule has 108 valence electrons. The summed E-state index contributed by atoms with van der Waals surface area (Å²) in [5.41, 5.74) is 3.02. The van der Waals surface area contributed by atoms with Crippen molar-refractivity contribution in [2.45, 2.75) is 19.3 Å². The Morgan fingerprint density at radius 2 is 1.95 bits per heavy atom. The van der Waals surface area contributed by atoms with Crippen molar-refractivity contribution in [1.82, 2.24) is 0 Å². The highest BCUT2D eigenvalue weighted by Gasteiger charge is 2.16. The van der Waals surface area contributed by atoms with Gasteiger partial charge in [-0.25, -0.2) is 4.79 Å². The number of carbonyl (C=O) groups is 2. The van der Waals surface area contributed by atoms with Crippen molar-refractivity contribution >= 4 is 34.7 Å². The number of Topliss-reactive ketones (excluding diaryl/α,β-unsaturated/α-hetero) is 1. The summed E-state index contributed by atoms with van der Waals surface area (Å²) in [5, 5.41) is 0. The number of rotatable bonds is 4. The minimum absolute atomic E-state index is 0.235. The molecule has 1 aromatic carbocycles. The van der Waals surface area contributed by atoms with E-state index in [1.54, 1.807) is 18.2 Å². The summed E-state index contributed by atoms with van der Waals surface area (Å²) in [5.74, 6) is -0.692. The third-order valence-electron chi connectivity index (χ3n) is 3.52. The highest BCUT2D eigenvalue weighted by molar-refractivity contribution is 7.18. The molecule has 0 N–H and O–H groups in total. The lowest BCUT2D eigenvalue weighted by molar-refractivity contribution is 0.0475. The van der Waals surface area contributed by atoms with Gasteiger partial charge in [-0.3, -0.25) is 4.79 Å². The molecule has 21 heavy (non-hydrogen) atoms. The quantitative estimate of drug-likeness (QED) is 0.633. The number of thiophene rings is 1. The molecule has 3 nitrogen and oxygen atoms in total. The predicted octanol–water partition coefficient (Wildman–Crippen LogP) is 3.93. The Morgan fingerprint density at radius 3 is 2.71 bits per heavy atom. The number of hydrogen-bond donors (Lipinski definition) is 0. The van der Waals surface area contributed by atoms with Gasteiger partial charge in [-0.1, -0.05) is 17.7 Å². The second kappa shape index (κ2) is 6.00. The van der Waals surface area contributed by atoms with E-state index < -0.39 is 5.97 Å². The maximum absolute atomic E-state index is 12.0. The Bertz CT molecular complexity index is 705. The zero-order chi connectivity index (χ0) is 14.8. The molecule has 1 heterocycles. The zero-order valence-electron chi connectivity index (χ0n) is 11.2. The Morgan fingerprint density at radius 1 is 1.14 bits per heavy atom. The molecule has 0 unspecified atom stereocenters. The van der Waals surface area contributed by atoms with E-state index >= 15 is 0 Å². The average molecular weight is 321 g/mol. The fourth-order valence-corrected chi connectivity index (χ4v) is 3.42. The summed E-state index contributed by atoms with van der Waals surface area (Å²) in [4.78, 5) is 24.3. The summed E-state index contributed by atoms with van der Waals surface area (Å²) < 4.78 is 5.63. The van der Waals surface area contributed by atoms with Crippen molar-refractivity contribution in [3.05, 3.63) is 56.2 Å². The summed E-state index contributed by atoms with van der Waals surface area (Å²) in [6.07, 6.45) is 3.21. The zero-order valence-corrected chi connectivity index (χ0v) is 12.8. The van der Waals surface area contributed by atoms with E-state index in [1.807, 2.05) is 12.1 Å². The number of esters is 1. The Labute approximate surface area is 131 Å². The third kappa shape index (κ3) is 3.17. The van der Waals surface area contributed by atoms with Crippen LogP contribution in [-0.2, 0) is 17.6 Å². The molecule has 0 atom stereocenters. The summed E-state index contributed by atoms with van der Waals surface area (Å²) in [6, 6.07) is 8.90. The van der Waals surface area contributed by atoms with Crippen LogP contribution in [-0.4, -0.2) is 18.4 Å². The molecule has 0 radical (unpaired) electrons. The van der Waals surface area contributed by atoms with Crippen LogP contribution in [0.2, 0.25) is 4.34 Å². The van der Waals surface area contributed by atoms with Crippen molar-refractivity contribution < 1.29 is 14.3 Å².